The van der Waals surface area contributed by atoms with Crippen LogP contribution in [0.3, 0.4) is 0 Å². The zero-order valence-electron chi connectivity index (χ0n) is 15.1. The van der Waals surface area contributed by atoms with Gasteiger partial charge in [-0.15, -0.1) is 0 Å². The van der Waals surface area contributed by atoms with Gasteiger partial charge >= 0.3 is 11.8 Å². The highest BCUT2D eigenvalue weighted by Crippen LogP contribution is 2.21. The molecular formula is C19H21N3O5S. The molecular weight excluding hydrogens is 382 g/mol. The first kappa shape index (κ1) is 20.0. The average Bonchev–Trinajstić information content (AvgIpc) is 3.21. The molecule has 0 radical (unpaired) electrons. The van der Waals surface area contributed by atoms with Crippen LogP contribution in [0, 0.1) is 0 Å². The van der Waals surface area contributed by atoms with E-state index in [4.69, 9.17) is 4.74 Å². The third-order valence-corrected chi connectivity index (χ3v) is 6.14. The van der Waals surface area contributed by atoms with Gasteiger partial charge in [0.1, 0.15) is 6.23 Å². The first-order chi connectivity index (χ1) is 13.5. The molecule has 1 saturated heterocycles. The summed E-state index contributed by atoms with van der Waals surface area (Å²) < 4.78 is 32.1. The van der Waals surface area contributed by atoms with E-state index in [2.05, 4.69) is 10.6 Å². The summed E-state index contributed by atoms with van der Waals surface area (Å²) in [5, 5.41) is 4.95. The number of nitrogens with zero attached hydrogens (tertiary/aromatic N) is 1. The fourth-order valence-electron chi connectivity index (χ4n) is 2.79. The summed E-state index contributed by atoms with van der Waals surface area (Å²) in [6.45, 7) is 0.496. The van der Waals surface area contributed by atoms with E-state index in [0.29, 0.717) is 0 Å². The summed E-state index contributed by atoms with van der Waals surface area (Å²) in [7, 11) is -3.75. The van der Waals surface area contributed by atoms with Gasteiger partial charge in [0.05, 0.1) is 18.0 Å². The Bertz CT molecular complexity index is 919. The van der Waals surface area contributed by atoms with E-state index in [-0.39, 0.29) is 31.1 Å². The van der Waals surface area contributed by atoms with Crippen LogP contribution < -0.4 is 10.6 Å². The van der Waals surface area contributed by atoms with Gasteiger partial charge in [0.25, 0.3) is 0 Å². The average molecular weight is 403 g/mol. The van der Waals surface area contributed by atoms with Crippen LogP contribution >= 0.6 is 0 Å². The quantitative estimate of drug-likeness (QED) is 0.682. The molecule has 3 rings (SSSR count). The maximum atomic E-state index is 12.7. The first-order valence-corrected chi connectivity index (χ1v) is 10.2. The van der Waals surface area contributed by atoms with Gasteiger partial charge in [-0.3, -0.25) is 9.59 Å². The van der Waals surface area contributed by atoms with Crippen molar-refractivity contribution in [1.29, 1.82) is 0 Å². The predicted molar refractivity (Wildman–Crippen MR) is 101 cm³/mol. The Balaban J connectivity index is 1.54. The Morgan fingerprint density at radius 2 is 1.57 bits per heavy atom. The second-order valence-corrected chi connectivity index (χ2v) is 8.02. The molecule has 2 aromatic rings. The summed E-state index contributed by atoms with van der Waals surface area (Å²) in [6, 6.07) is 17.2. The topological polar surface area (TPSA) is 105 Å². The largest absolute Gasteiger partial charge is 0.359 e. The minimum atomic E-state index is -3.75. The highest BCUT2D eigenvalue weighted by molar-refractivity contribution is 7.89. The first-order valence-electron chi connectivity index (χ1n) is 8.77. The maximum absolute atomic E-state index is 12.7. The van der Waals surface area contributed by atoms with Gasteiger partial charge in [-0.25, -0.2) is 8.42 Å². The minimum Gasteiger partial charge on any atom is -0.359 e. The van der Waals surface area contributed by atoms with Gasteiger partial charge in [-0.05, 0) is 17.7 Å². The molecule has 2 N–H and O–H groups in total. The molecule has 9 heteroatoms. The number of nitrogens with one attached hydrogen (secondary N) is 2. The zero-order valence-corrected chi connectivity index (χ0v) is 15.9. The van der Waals surface area contributed by atoms with Gasteiger partial charge in [0.2, 0.25) is 10.0 Å². The van der Waals surface area contributed by atoms with Crippen LogP contribution in [0.1, 0.15) is 5.56 Å². The predicted octanol–water partition coefficient (Wildman–Crippen LogP) is 0.466. The lowest BCUT2D eigenvalue weighted by Crippen LogP contribution is -2.47. The summed E-state index contributed by atoms with van der Waals surface area (Å²) in [5.74, 6) is -1.64. The highest BCUT2D eigenvalue weighted by atomic mass is 32.2. The van der Waals surface area contributed by atoms with Crippen molar-refractivity contribution in [2.45, 2.75) is 17.7 Å². The van der Waals surface area contributed by atoms with Gasteiger partial charge in [0.15, 0.2) is 0 Å². The SMILES string of the molecule is O=C(NCc1ccccc1)C(=O)NCC1OCCN1S(=O)(=O)c1ccccc1. The molecule has 0 spiro atoms. The standard InChI is InChI=1S/C19H21N3O5S/c23-18(20-13-15-7-3-1-4-8-15)19(24)21-14-17-22(11-12-27-17)28(25,26)16-9-5-2-6-10-16/h1-10,17H,11-14H2,(H,20,23)(H,21,24). The number of amides is 2. The molecule has 8 nitrogen and oxygen atoms in total. The summed E-state index contributed by atoms with van der Waals surface area (Å²) in [4.78, 5) is 24.1. The Kier molecular flexibility index (Phi) is 6.40. The molecule has 1 atom stereocenters. The summed E-state index contributed by atoms with van der Waals surface area (Å²) in [5.41, 5.74) is 0.864. The highest BCUT2D eigenvalue weighted by Gasteiger charge is 2.36. The second kappa shape index (κ2) is 8.96. The Labute approximate surface area is 163 Å². The molecule has 1 aliphatic heterocycles. The minimum absolute atomic E-state index is 0.121. The van der Waals surface area contributed by atoms with Crippen molar-refractivity contribution in [3.8, 4) is 0 Å². The summed E-state index contributed by atoms with van der Waals surface area (Å²) in [6.07, 6.45) is -0.865. The lowest BCUT2D eigenvalue weighted by molar-refractivity contribution is -0.139. The molecule has 1 aliphatic rings. The lowest BCUT2D eigenvalue weighted by Gasteiger charge is -2.22. The fraction of sp³-hybridized carbons (Fsp3) is 0.263. The molecule has 28 heavy (non-hydrogen) atoms. The Morgan fingerprint density at radius 1 is 0.964 bits per heavy atom. The molecule has 0 aromatic heterocycles. The van der Waals surface area contributed by atoms with Crippen molar-refractivity contribution in [1.82, 2.24) is 14.9 Å². The van der Waals surface area contributed by atoms with Crippen LogP contribution in [0.25, 0.3) is 0 Å². The second-order valence-electron chi connectivity index (χ2n) is 6.13. The van der Waals surface area contributed by atoms with Crippen LogP contribution in [-0.4, -0.2) is 50.5 Å². The molecule has 0 saturated carbocycles. The van der Waals surface area contributed by atoms with E-state index in [0.717, 1.165) is 5.56 Å². The third-order valence-electron chi connectivity index (χ3n) is 4.23. The van der Waals surface area contributed by atoms with Gasteiger partial charge in [-0.1, -0.05) is 48.5 Å². The monoisotopic (exact) mass is 403 g/mol. The molecule has 1 fully saturated rings. The number of carbonyl (C=O) groups excluding carboxylic acids is 2. The Morgan fingerprint density at radius 3 is 2.25 bits per heavy atom. The van der Waals surface area contributed by atoms with Gasteiger partial charge in [0, 0.05) is 13.1 Å². The molecule has 1 heterocycles. The number of sulfonamides is 1. The van der Waals surface area contributed by atoms with Crippen LogP contribution in [-0.2, 0) is 30.9 Å². The van der Waals surface area contributed by atoms with Crippen molar-refractivity contribution in [2.75, 3.05) is 19.7 Å². The van der Waals surface area contributed by atoms with E-state index >= 15 is 0 Å². The number of hydrogen-bond donors (Lipinski definition) is 2. The smallest absolute Gasteiger partial charge is 0.309 e. The normalized spacial score (nSPS) is 17.2. The number of rotatable bonds is 6. The van der Waals surface area contributed by atoms with E-state index < -0.39 is 28.1 Å². The van der Waals surface area contributed by atoms with Crippen molar-refractivity contribution in [2.24, 2.45) is 0 Å². The van der Waals surface area contributed by atoms with Crippen LogP contribution in [0.15, 0.2) is 65.6 Å². The van der Waals surface area contributed by atoms with Crippen molar-refractivity contribution >= 4 is 21.8 Å². The Hall–Kier alpha value is -2.75. The van der Waals surface area contributed by atoms with Gasteiger partial charge in [-0.2, -0.15) is 4.31 Å². The molecule has 0 bridgehead atoms. The molecule has 1 unspecified atom stereocenters. The zero-order chi connectivity index (χ0) is 20.0. The molecule has 2 aromatic carbocycles. The van der Waals surface area contributed by atoms with E-state index in [9.17, 15) is 18.0 Å². The van der Waals surface area contributed by atoms with Crippen LogP contribution in [0.4, 0.5) is 0 Å². The number of hydrogen-bond acceptors (Lipinski definition) is 5. The number of benzene rings is 2. The van der Waals surface area contributed by atoms with Gasteiger partial charge < -0.3 is 15.4 Å². The number of carbonyl (C=O) groups is 2. The van der Waals surface area contributed by atoms with Crippen LogP contribution in [0.5, 0.6) is 0 Å². The van der Waals surface area contributed by atoms with E-state index in [1.54, 1.807) is 18.2 Å². The lowest BCUT2D eigenvalue weighted by atomic mass is 10.2. The van der Waals surface area contributed by atoms with E-state index in [1.165, 1.54) is 16.4 Å². The number of ether oxygens (including phenoxy) is 1. The maximum Gasteiger partial charge on any atom is 0.309 e. The van der Waals surface area contributed by atoms with Crippen molar-refractivity contribution < 1.29 is 22.7 Å². The van der Waals surface area contributed by atoms with E-state index in [1.807, 2.05) is 30.3 Å². The summed E-state index contributed by atoms with van der Waals surface area (Å²) >= 11 is 0. The van der Waals surface area contributed by atoms with Crippen molar-refractivity contribution in [3.05, 3.63) is 66.2 Å². The third kappa shape index (κ3) is 4.75. The van der Waals surface area contributed by atoms with Crippen molar-refractivity contribution in [3.63, 3.8) is 0 Å². The molecule has 0 aliphatic carbocycles. The molecule has 148 valence electrons. The van der Waals surface area contributed by atoms with Crippen LogP contribution in [0.2, 0.25) is 0 Å². The molecule has 2 amide bonds. The fourth-order valence-corrected chi connectivity index (χ4v) is 4.32.